The van der Waals surface area contributed by atoms with Gasteiger partial charge in [-0.1, -0.05) is 42.0 Å². The molecule has 1 N–H and O–H groups in total. The van der Waals surface area contributed by atoms with Crippen molar-refractivity contribution in [3.05, 3.63) is 64.1 Å². The van der Waals surface area contributed by atoms with Crippen molar-refractivity contribution in [2.75, 3.05) is 17.1 Å². The Hall–Kier alpha value is -2.39. The number of carbonyl (C=O) groups excluding carboxylic acids is 2. The second-order valence-corrected chi connectivity index (χ2v) is 10.8. The molecule has 2 aromatic carbocycles. The fourth-order valence-corrected chi connectivity index (χ4v) is 4.72. The van der Waals surface area contributed by atoms with Crippen LogP contribution in [0.15, 0.2) is 53.0 Å². The first-order valence-electron chi connectivity index (χ1n) is 10.3. The number of rotatable bonds is 9. The van der Waals surface area contributed by atoms with Crippen LogP contribution < -0.4 is 9.62 Å². The van der Waals surface area contributed by atoms with Crippen LogP contribution in [0.3, 0.4) is 0 Å². The zero-order chi connectivity index (χ0) is 24.1. The monoisotopic (exact) mass is 523 g/mol. The van der Waals surface area contributed by atoms with E-state index in [1.807, 2.05) is 45.0 Å². The molecule has 0 fully saturated rings. The lowest BCUT2D eigenvalue weighted by molar-refractivity contribution is -0.139. The average Bonchev–Trinajstić information content (AvgIpc) is 2.69. The van der Waals surface area contributed by atoms with Crippen molar-refractivity contribution in [1.29, 1.82) is 0 Å². The third-order valence-corrected chi connectivity index (χ3v) is 6.63. The van der Waals surface area contributed by atoms with Crippen molar-refractivity contribution < 1.29 is 18.0 Å². The van der Waals surface area contributed by atoms with E-state index in [1.165, 1.54) is 4.90 Å². The van der Waals surface area contributed by atoms with E-state index in [-0.39, 0.29) is 18.5 Å². The molecule has 0 aliphatic carbocycles. The fourth-order valence-electron chi connectivity index (χ4n) is 3.24. The normalized spacial score (nSPS) is 12.3. The van der Waals surface area contributed by atoms with Crippen molar-refractivity contribution in [3.8, 4) is 0 Å². The Morgan fingerprint density at radius 1 is 1.06 bits per heavy atom. The molecule has 0 aliphatic heterocycles. The molecular weight excluding hydrogens is 494 g/mol. The Kier molecular flexibility index (Phi) is 8.86. The topological polar surface area (TPSA) is 86.8 Å². The van der Waals surface area contributed by atoms with Gasteiger partial charge in [-0.25, -0.2) is 8.42 Å². The van der Waals surface area contributed by atoms with Crippen molar-refractivity contribution in [2.45, 2.75) is 46.3 Å². The largest absolute Gasteiger partial charge is 0.352 e. The molecule has 0 radical (unpaired) electrons. The highest BCUT2D eigenvalue weighted by atomic mass is 79.9. The summed E-state index contributed by atoms with van der Waals surface area (Å²) in [5.74, 6) is -0.771. The number of hydrogen-bond donors (Lipinski definition) is 1. The number of hydrogen-bond acceptors (Lipinski definition) is 4. The molecule has 32 heavy (non-hydrogen) atoms. The van der Waals surface area contributed by atoms with Crippen molar-refractivity contribution in [1.82, 2.24) is 10.2 Å². The fraction of sp³-hybridized carbons (Fsp3) is 0.391. The molecular formula is C23H30BrN3O4S. The maximum absolute atomic E-state index is 13.4. The number of aryl methyl sites for hydroxylation is 1. The van der Waals surface area contributed by atoms with Crippen LogP contribution in [-0.2, 0) is 26.2 Å². The molecule has 0 spiro atoms. The molecule has 2 amide bonds. The summed E-state index contributed by atoms with van der Waals surface area (Å²) in [6.07, 6.45) is 1.06. The lowest BCUT2D eigenvalue weighted by atomic mass is 10.1. The van der Waals surface area contributed by atoms with Gasteiger partial charge in [-0.05, 0) is 61.3 Å². The summed E-state index contributed by atoms with van der Waals surface area (Å²) in [7, 11) is -3.76. The highest BCUT2D eigenvalue weighted by Gasteiger charge is 2.30. The number of amides is 2. The molecule has 2 aromatic rings. The van der Waals surface area contributed by atoms with E-state index in [0.717, 1.165) is 21.7 Å². The minimum atomic E-state index is -3.76. The van der Waals surface area contributed by atoms with E-state index in [1.54, 1.807) is 31.2 Å². The average molecular weight is 524 g/mol. The van der Waals surface area contributed by atoms with Crippen molar-refractivity contribution in [2.24, 2.45) is 0 Å². The van der Waals surface area contributed by atoms with Gasteiger partial charge in [0.15, 0.2) is 0 Å². The molecule has 1 unspecified atom stereocenters. The maximum atomic E-state index is 13.4. The number of nitrogens with one attached hydrogen (secondary N) is 1. The summed E-state index contributed by atoms with van der Waals surface area (Å²) in [5.41, 5.74) is 2.24. The van der Waals surface area contributed by atoms with E-state index < -0.39 is 28.5 Å². The number of para-hydroxylation sites is 1. The highest BCUT2D eigenvalue weighted by Crippen LogP contribution is 2.28. The second kappa shape index (κ2) is 11.0. The van der Waals surface area contributed by atoms with Gasteiger partial charge in [0.1, 0.15) is 12.6 Å². The molecule has 0 bridgehead atoms. The maximum Gasteiger partial charge on any atom is 0.244 e. The third kappa shape index (κ3) is 7.06. The van der Waals surface area contributed by atoms with E-state index in [9.17, 15) is 18.0 Å². The highest BCUT2D eigenvalue weighted by molar-refractivity contribution is 9.10. The van der Waals surface area contributed by atoms with E-state index in [2.05, 4.69) is 21.2 Å². The number of nitrogens with zero attached hydrogens (tertiary/aromatic N) is 2. The first kappa shape index (κ1) is 25.9. The number of anilines is 1. The van der Waals surface area contributed by atoms with Crippen LogP contribution in [0.2, 0.25) is 0 Å². The quantitative estimate of drug-likeness (QED) is 0.545. The van der Waals surface area contributed by atoms with Gasteiger partial charge in [0, 0.05) is 17.1 Å². The Balaban J connectivity index is 2.40. The zero-order valence-corrected chi connectivity index (χ0v) is 21.4. The van der Waals surface area contributed by atoms with Crippen LogP contribution in [0.4, 0.5) is 5.69 Å². The summed E-state index contributed by atoms with van der Waals surface area (Å²) >= 11 is 3.36. The van der Waals surface area contributed by atoms with Gasteiger partial charge in [-0.3, -0.25) is 13.9 Å². The van der Waals surface area contributed by atoms with E-state index in [4.69, 9.17) is 0 Å². The van der Waals surface area contributed by atoms with Gasteiger partial charge in [0.05, 0.1) is 11.9 Å². The van der Waals surface area contributed by atoms with Gasteiger partial charge in [0.2, 0.25) is 21.8 Å². The van der Waals surface area contributed by atoms with Crippen molar-refractivity contribution >= 4 is 43.5 Å². The lowest BCUT2D eigenvalue weighted by Gasteiger charge is -2.32. The molecule has 174 valence electrons. The summed E-state index contributed by atoms with van der Waals surface area (Å²) in [6, 6.07) is 13.6. The predicted octanol–water partition coefficient (Wildman–Crippen LogP) is 3.47. The molecule has 0 aliphatic rings. The SMILES string of the molecule is Cc1cccc(CN(C(=O)CN(c2ccccc2Br)S(C)(=O)=O)C(C)C(=O)NC(C)C)c1. The van der Waals surface area contributed by atoms with Gasteiger partial charge in [-0.2, -0.15) is 0 Å². The summed E-state index contributed by atoms with van der Waals surface area (Å²) in [5, 5.41) is 2.83. The smallest absolute Gasteiger partial charge is 0.244 e. The van der Waals surface area contributed by atoms with Crippen LogP contribution in [0.1, 0.15) is 31.9 Å². The Bertz CT molecular complexity index is 1070. The van der Waals surface area contributed by atoms with Gasteiger partial charge < -0.3 is 10.2 Å². The van der Waals surface area contributed by atoms with Crippen LogP contribution in [0.5, 0.6) is 0 Å². The molecule has 2 rings (SSSR count). The second-order valence-electron chi connectivity index (χ2n) is 8.07. The molecule has 9 heteroatoms. The number of halogens is 1. The van der Waals surface area contributed by atoms with Crippen LogP contribution in [0.25, 0.3) is 0 Å². The summed E-state index contributed by atoms with van der Waals surface area (Å²) in [6.45, 7) is 7.04. The predicted molar refractivity (Wildman–Crippen MR) is 131 cm³/mol. The standard InChI is InChI=1S/C23H30BrN3O4S/c1-16(2)25-23(29)18(4)26(14-19-10-8-9-17(3)13-19)22(28)15-27(32(5,30)31)21-12-7-6-11-20(21)24/h6-13,16,18H,14-15H2,1-5H3,(H,25,29). The number of benzene rings is 2. The summed E-state index contributed by atoms with van der Waals surface area (Å²) in [4.78, 5) is 27.6. The molecule has 0 aromatic heterocycles. The molecule has 0 heterocycles. The molecule has 1 atom stereocenters. The van der Waals surface area contributed by atoms with E-state index in [0.29, 0.717) is 10.2 Å². The Labute approximate surface area is 199 Å². The van der Waals surface area contributed by atoms with Gasteiger partial charge >= 0.3 is 0 Å². The minimum Gasteiger partial charge on any atom is -0.352 e. The zero-order valence-electron chi connectivity index (χ0n) is 19.0. The first-order chi connectivity index (χ1) is 14.9. The van der Waals surface area contributed by atoms with Crippen LogP contribution in [0, 0.1) is 6.92 Å². The Morgan fingerprint density at radius 3 is 2.28 bits per heavy atom. The lowest BCUT2D eigenvalue weighted by Crippen LogP contribution is -2.52. The van der Waals surface area contributed by atoms with Gasteiger partial charge in [-0.15, -0.1) is 0 Å². The molecule has 7 nitrogen and oxygen atoms in total. The third-order valence-electron chi connectivity index (χ3n) is 4.83. The number of sulfonamides is 1. The van der Waals surface area contributed by atoms with E-state index >= 15 is 0 Å². The van der Waals surface area contributed by atoms with Crippen LogP contribution >= 0.6 is 15.9 Å². The minimum absolute atomic E-state index is 0.0892. The first-order valence-corrected chi connectivity index (χ1v) is 12.9. The Morgan fingerprint density at radius 2 is 1.72 bits per heavy atom. The summed E-state index contributed by atoms with van der Waals surface area (Å²) < 4.78 is 26.7. The van der Waals surface area contributed by atoms with Crippen LogP contribution in [-0.4, -0.2) is 50.0 Å². The molecule has 0 saturated heterocycles. The van der Waals surface area contributed by atoms with Crippen molar-refractivity contribution in [3.63, 3.8) is 0 Å². The molecule has 0 saturated carbocycles. The number of carbonyl (C=O) groups is 2. The van der Waals surface area contributed by atoms with Gasteiger partial charge in [0.25, 0.3) is 0 Å².